The summed E-state index contributed by atoms with van der Waals surface area (Å²) in [5.41, 5.74) is 0. The zero-order valence-electron chi connectivity index (χ0n) is 11.3. The van der Waals surface area contributed by atoms with Gasteiger partial charge in [0, 0.05) is 26.2 Å². The minimum Gasteiger partial charge on any atom is -0.449 e. The van der Waals surface area contributed by atoms with Crippen LogP contribution in [0.1, 0.15) is 12.8 Å². The number of rotatable bonds is 5. The van der Waals surface area contributed by atoms with Crippen LogP contribution in [0.15, 0.2) is 0 Å². The van der Waals surface area contributed by atoms with Crippen LogP contribution in [0.3, 0.4) is 0 Å². The monoisotopic (exact) mass is 243 g/mol. The zero-order chi connectivity index (χ0) is 12.7. The van der Waals surface area contributed by atoms with Gasteiger partial charge in [0.1, 0.15) is 0 Å². The minimum absolute atomic E-state index is 0.150. The summed E-state index contributed by atoms with van der Waals surface area (Å²) in [7, 11) is 6.18. The Morgan fingerprint density at radius 3 is 2.41 bits per heavy atom. The number of hydrogen-bond donors (Lipinski definition) is 0. The first-order chi connectivity index (χ1) is 8.09. The van der Waals surface area contributed by atoms with Crippen LogP contribution in [-0.2, 0) is 4.74 Å². The molecule has 5 heteroatoms. The minimum atomic E-state index is -0.150. The molecule has 0 aromatic carbocycles. The summed E-state index contributed by atoms with van der Waals surface area (Å²) in [4.78, 5) is 17.8. The fraction of sp³-hybridized carbons (Fsp3) is 0.917. The number of likely N-dealkylation sites (N-methyl/N-ethyl adjacent to an activating group) is 1. The van der Waals surface area contributed by atoms with Gasteiger partial charge < -0.3 is 19.4 Å². The van der Waals surface area contributed by atoms with Crippen molar-refractivity contribution >= 4 is 6.09 Å². The molecule has 0 aromatic rings. The number of nitrogens with zero attached hydrogens (tertiary/aromatic N) is 3. The number of hydrogen-bond acceptors (Lipinski definition) is 4. The van der Waals surface area contributed by atoms with E-state index in [1.54, 1.807) is 4.90 Å². The maximum atomic E-state index is 11.7. The van der Waals surface area contributed by atoms with Gasteiger partial charge in [-0.3, -0.25) is 0 Å². The van der Waals surface area contributed by atoms with E-state index in [1.165, 1.54) is 0 Å². The van der Waals surface area contributed by atoms with Crippen molar-refractivity contribution in [2.75, 3.05) is 60.5 Å². The van der Waals surface area contributed by atoms with E-state index < -0.39 is 0 Å². The molecule has 0 saturated carbocycles. The Morgan fingerprint density at radius 1 is 1.18 bits per heavy atom. The quantitative estimate of drug-likeness (QED) is 0.666. The lowest BCUT2D eigenvalue weighted by Crippen LogP contribution is -2.47. The van der Waals surface area contributed by atoms with E-state index in [4.69, 9.17) is 4.74 Å². The highest BCUT2D eigenvalue weighted by Crippen LogP contribution is 2.02. The Labute approximate surface area is 104 Å². The first-order valence-electron chi connectivity index (χ1n) is 6.34. The van der Waals surface area contributed by atoms with Crippen LogP contribution in [0.2, 0.25) is 0 Å². The first-order valence-corrected chi connectivity index (χ1v) is 6.34. The van der Waals surface area contributed by atoms with Gasteiger partial charge >= 0.3 is 6.09 Å². The van der Waals surface area contributed by atoms with Gasteiger partial charge in [-0.05, 0) is 40.5 Å². The second-order valence-electron chi connectivity index (χ2n) is 4.92. The normalized spacial score (nSPS) is 17.5. The summed E-state index contributed by atoms with van der Waals surface area (Å²) < 4.78 is 5.25. The van der Waals surface area contributed by atoms with Gasteiger partial charge in [-0.2, -0.15) is 0 Å². The average molecular weight is 243 g/mol. The van der Waals surface area contributed by atoms with Crippen molar-refractivity contribution in [2.24, 2.45) is 0 Å². The molecular formula is C12H25N3O2. The molecule has 0 spiro atoms. The molecule has 0 unspecified atom stereocenters. The predicted molar refractivity (Wildman–Crippen MR) is 68.2 cm³/mol. The van der Waals surface area contributed by atoms with Crippen molar-refractivity contribution < 1.29 is 9.53 Å². The Kier molecular flexibility index (Phi) is 6.29. The first kappa shape index (κ1) is 14.3. The number of carbonyl (C=O) groups is 1. The van der Waals surface area contributed by atoms with Gasteiger partial charge in [0.25, 0.3) is 0 Å². The van der Waals surface area contributed by atoms with E-state index in [0.717, 1.165) is 45.6 Å². The maximum Gasteiger partial charge on any atom is 0.409 e. The number of amides is 1. The van der Waals surface area contributed by atoms with E-state index in [-0.39, 0.29) is 6.09 Å². The van der Waals surface area contributed by atoms with Gasteiger partial charge in [-0.25, -0.2) is 4.79 Å². The van der Waals surface area contributed by atoms with Gasteiger partial charge in [-0.15, -0.1) is 0 Å². The molecule has 0 aromatic heterocycles. The number of ether oxygens (including phenoxy) is 1. The van der Waals surface area contributed by atoms with Crippen LogP contribution in [0.4, 0.5) is 4.79 Å². The lowest BCUT2D eigenvalue weighted by Gasteiger charge is -2.31. The van der Waals surface area contributed by atoms with Gasteiger partial charge in [0.05, 0.1) is 6.61 Å². The van der Waals surface area contributed by atoms with E-state index in [1.807, 2.05) is 0 Å². The van der Waals surface area contributed by atoms with Crippen LogP contribution in [0.5, 0.6) is 0 Å². The third-order valence-electron chi connectivity index (χ3n) is 2.99. The van der Waals surface area contributed by atoms with Gasteiger partial charge in [0.2, 0.25) is 0 Å². The van der Waals surface area contributed by atoms with E-state index in [0.29, 0.717) is 6.61 Å². The van der Waals surface area contributed by atoms with Crippen LogP contribution in [0, 0.1) is 0 Å². The number of carbonyl (C=O) groups excluding carboxylic acids is 1. The smallest absolute Gasteiger partial charge is 0.409 e. The molecule has 0 bridgehead atoms. The molecule has 1 rings (SSSR count). The van der Waals surface area contributed by atoms with Crippen molar-refractivity contribution in [1.29, 1.82) is 0 Å². The van der Waals surface area contributed by atoms with Crippen molar-refractivity contribution in [3.8, 4) is 0 Å². The molecule has 5 nitrogen and oxygen atoms in total. The summed E-state index contributed by atoms with van der Waals surface area (Å²) in [5.74, 6) is 0. The molecule has 0 N–H and O–H groups in total. The number of piperazine rings is 1. The predicted octanol–water partition coefficient (Wildman–Crippen LogP) is 0.712. The molecule has 0 radical (unpaired) electrons. The van der Waals surface area contributed by atoms with Crippen molar-refractivity contribution in [1.82, 2.24) is 14.7 Å². The molecule has 0 atom stereocenters. The van der Waals surface area contributed by atoms with E-state index >= 15 is 0 Å². The van der Waals surface area contributed by atoms with E-state index in [9.17, 15) is 4.79 Å². The second-order valence-corrected chi connectivity index (χ2v) is 4.92. The molecule has 0 aliphatic carbocycles. The molecule has 1 aliphatic rings. The fourth-order valence-corrected chi connectivity index (χ4v) is 1.77. The lowest BCUT2D eigenvalue weighted by atomic mass is 10.3. The highest BCUT2D eigenvalue weighted by molar-refractivity contribution is 5.67. The summed E-state index contributed by atoms with van der Waals surface area (Å²) >= 11 is 0. The maximum absolute atomic E-state index is 11.7. The molecule has 1 amide bonds. The van der Waals surface area contributed by atoms with Crippen LogP contribution < -0.4 is 0 Å². The van der Waals surface area contributed by atoms with Gasteiger partial charge in [-0.1, -0.05) is 0 Å². The topological polar surface area (TPSA) is 36.0 Å². The Hall–Kier alpha value is -0.810. The lowest BCUT2D eigenvalue weighted by molar-refractivity contribution is 0.0803. The Morgan fingerprint density at radius 2 is 1.82 bits per heavy atom. The second kappa shape index (κ2) is 7.50. The molecule has 1 heterocycles. The third-order valence-corrected chi connectivity index (χ3v) is 2.99. The molecule has 17 heavy (non-hydrogen) atoms. The summed E-state index contributed by atoms with van der Waals surface area (Å²) in [6.07, 6.45) is 1.86. The Balaban J connectivity index is 2.05. The van der Waals surface area contributed by atoms with Crippen LogP contribution in [-0.4, -0.2) is 81.3 Å². The SMILES string of the molecule is CN(C)CCCCOC(=O)N1CCN(C)CC1. The van der Waals surface area contributed by atoms with Crippen molar-refractivity contribution in [2.45, 2.75) is 12.8 Å². The Bertz CT molecular complexity index is 226. The fourth-order valence-electron chi connectivity index (χ4n) is 1.77. The molecule has 1 saturated heterocycles. The van der Waals surface area contributed by atoms with E-state index in [2.05, 4.69) is 30.9 Å². The third kappa shape index (κ3) is 5.89. The number of unbranched alkanes of at least 4 members (excludes halogenated alkanes) is 1. The van der Waals surface area contributed by atoms with Gasteiger partial charge in [0.15, 0.2) is 0 Å². The molecule has 1 fully saturated rings. The van der Waals surface area contributed by atoms with Crippen LogP contribution in [0.25, 0.3) is 0 Å². The standard InChI is InChI=1S/C12H25N3O2/c1-13(2)6-4-5-11-17-12(16)15-9-7-14(3)8-10-15/h4-11H2,1-3H3. The van der Waals surface area contributed by atoms with Crippen LogP contribution >= 0.6 is 0 Å². The van der Waals surface area contributed by atoms with Crippen molar-refractivity contribution in [3.63, 3.8) is 0 Å². The summed E-state index contributed by atoms with van der Waals surface area (Å²) in [6.45, 7) is 5.04. The summed E-state index contributed by atoms with van der Waals surface area (Å²) in [5, 5.41) is 0. The highest BCUT2D eigenvalue weighted by Gasteiger charge is 2.19. The largest absolute Gasteiger partial charge is 0.449 e. The molecule has 100 valence electrons. The summed E-state index contributed by atoms with van der Waals surface area (Å²) in [6, 6.07) is 0. The highest BCUT2D eigenvalue weighted by atomic mass is 16.6. The molecular weight excluding hydrogens is 218 g/mol. The van der Waals surface area contributed by atoms with Crippen molar-refractivity contribution in [3.05, 3.63) is 0 Å². The zero-order valence-corrected chi connectivity index (χ0v) is 11.3. The molecule has 1 aliphatic heterocycles. The average Bonchev–Trinajstić information content (AvgIpc) is 2.29.